The van der Waals surface area contributed by atoms with Crippen molar-refractivity contribution in [1.29, 1.82) is 0 Å². The maximum Gasteiger partial charge on any atom is 0.225 e. The number of carbonyl (C=O) groups excluding carboxylic acids is 1. The van der Waals surface area contributed by atoms with Crippen LogP contribution in [0.2, 0.25) is 0 Å². The minimum Gasteiger partial charge on any atom is -0.369 e. The molecule has 116 valence electrons. The highest BCUT2D eigenvalue weighted by atomic mass is 16.5. The summed E-state index contributed by atoms with van der Waals surface area (Å²) in [6, 6.07) is 10.0. The van der Waals surface area contributed by atoms with E-state index in [-0.39, 0.29) is 5.91 Å². The van der Waals surface area contributed by atoms with Gasteiger partial charge in [-0.05, 0) is 26.3 Å². The highest BCUT2D eigenvalue weighted by molar-refractivity contribution is 5.81. The number of nitrogens with zero attached hydrogens (tertiary/aromatic N) is 1. The standard InChI is InChI=1S/C17H21N3O2/c1-12-3-5-13(6-4-12)15-9-14(22-20-15)10-17(16(18)21)7-2-8-19-11-17/h3-6,9,19H,2,7-8,10-11H2,1H3,(H2,18,21). The van der Waals surface area contributed by atoms with Gasteiger partial charge in [-0.25, -0.2) is 0 Å². The fraction of sp³-hybridized carbons (Fsp3) is 0.412. The number of nitrogens with one attached hydrogen (secondary N) is 1. The normalized spacial score (nSPS) is 21.7. The highest BCUT2D eigenvalue weighted by Crippen LogP contribution is 2.31. The summed E-state index contributed by atoms with van der Waals surface area (Å²) in [5.74, 6) is 0.436. The molecule has 1 amide bonds. The first kappa shape index (κ1) is 14.8. The molecule has 3 N–H and O–H groups in total. The molecule has 0 radical (unpaired) electrons. The zero-order valence-electron chi connectivity index (χ0n) is 12.8. The zero-order chi connectivity index (χ0) is 15.6. The third kappa shape index (κ3) is 2.90. The average molecular weight is 299 g/mol. The molecule has 1 aliphatic rings. The van der Waals surface area contributed by atoms with Crippen LogP contribution in [0.1, 0.15) is 24.2 Å². The molecule has 0 bridgehead atoms. The van der Waals surface area contributed by atoms with E-state index in [0.29, 0.717) is 18.7 Å². The number of rotatable bonds is 4. The maximum absolute atomic E-state index is 11.9. The van der Waals surface area contributed by atoms with E-state index in [4.69, 9.17) is 10.3 Å². The zero-order valence-corrected chi connectivity index (χ0v) is 12.8. The van der Waals surface area contributed by atoms with Crippen molar-refractivity contribution in [2.24, 2.45) is 11.1 Å². The van der Waals surface area contributed by atoms with Crippen LogP contribution >= 0.6 is 0 Å². The number of hydrogen-bond acceptors (Lipinski definition) is 4. The minimum atomic E-state index is -0.567. The second-order valence-corrected chi connectivity index (χ2v) is 6.15. The van der Waals surface area contributed by atoms with E-state index in [2.05, 4.69) is 10.5 Å². The van der Waals surface area contributed by atoms with Crippen molar-refractivity contribution in [3.63, 3.8) is 0 Å². The SMILES string of the molecule is Cc1ccc(-c2cc(CC3(C(N)=O)CCCNC3)on2)cc1. The first-order chi connectivity index (χ1) is 10.6. The molecule has 5 nitrogen and oxygen atoms in total. The van der Waals surface area contributed by atoms with Gasteiger partial charge in [-0.1, -0.05) is 35.0 Å². The number of benzene rings is 1. The molecule has 2 heterocycles. The maximum atomic E-state index is 11.9. The second-order valence-electron chi connectivity index (χ2n) is 6.15. The van der Waals surface area contributed by atoms with Gasteiger partial charge in [0.05, 0.1) is 5.41 Å². The Bertz CT molecular complexity index is 655. The molecule has 1 aromatic heterocycles. The molecule has 1 aliphatic heterocycles. The molecule has 5 heteroatoms. The Morgan fingerprint density at radius 3 is 2.82 bits per heavy atom. The van der Waals surface area contributed by atoms with Crippen LogP contribution in [0.4, 0.5) is 0 Å². The Morgan fingerprint density at radius 2 is 2.18 bits per heavy atom. The molecule has 1 unspecified atom stereocenters. The van der Waals surface area contributed by atoms with Crippen LogP contribution in [0.15, 0.2) is 34.9 Å². The predicted molar refractivity (Wildman–Crippen MR) is 84.1 cm³/mol. The lowest BCUT2D eigenvalue weighted by molar-refractivity contribution is -0.128. The number of carbonyl (C=O) groups is 1. The quantitative estimate of drug-likeness (QED) is 0.905. The summed E-state index contributed by atoms with van der Waals surface area (Å²) in [5.41, 5.74) is 8.08. The van der Waals surface area contributed by atoms with Crippen LogP contribution in [0.3, 0.4) is 0 Å². The lowest BCUT2D eigenvalue weighted by atomic mass is 9.76. The summed E-state index contributed by atoms with van der Waals surface area (Å²) >= 11 is 0. The van der Waals surface area contributed by atoms with Crippen LogP contribution in [0.25, 0.3) is 11.3 Å². The molecule has 1 fully saturated rings. The summed E-state index contributed by atoms with van der Waals surface area (Å²) in [7, 11) is 0. The first-order valence-electron chi connectivity index (χ1n) is 7.62. The third-order valence-electron chi connectivity index (χ3n) is 4.41. The minimum absolute atomic E-state index is 0.270. The average Bonchev–Trinajstić information content (AvgIpc) is 2.97. The third-order valence-corrected chi connectivity index (χ3v) is 4.41. The van der Waals surface area contributed by atoms with Crippen molar-refractivity contribution in [3.8, 4) is 11.3 Å². The van der Waals surface area contributed by atoms with E-state index < -0.39 is 5.41 Å². The number of primary amides is 1. The summed E-state index contributed by atoms with van der Waals surface area (Å²) in [5, 5.41) is 7.38. The molecule has 22 heavy (non-hydrogen) atoms. The lowest BCUT2D eigenvalue weighted by Crippen LogP contribution is -2.50. The van der Waals surface area contributed by atoms with E-state index in [9.17, 15) is 4.79 Å². The molecule has 1 atom stereocenters. The second kappa shape index (κ2) is 5.93. The van der Waals surface area contributed by atoms with Gasteiger partial charge < -0.3 is 15.6 Å². The van der Waals surface area contributed by atoms with Gasteiger partial charge >= 0.3 is 0 Å². The number of hydrogen-bond donors (Lipinski definition) is 2. The number of piperidine rings is 1. The van der Waals surface area contributed by atoms with Crippen molar-refractivity contribution < 1.29 is 9.32 Å². The summed E-state index contributed by atoms with van der Waals surface area (Å²) < 4.78 is 5.44. The smallest absolute Gasteiger partial charge is 0.225 e. The topological polar surface area (TPSA) is 81.2 Å². The number of nitrogens with two attached hydrogens (primary N) is 1. The van der Waals surface area contributed by atoms with Gasteiger partial charge in [0, 0.05) is 24.6 Å². The predicted octanol–water partition coefficient (Wildman–Crippen LogP) is 2.05. The Balaban J connectivity index is 1.81. The molecule has 0 spiro atoms. The molecular formula is C17H21N3O2. The van der Waals surface area contributed by atoms with Crippen molar-refractivity contribution >= 4 is 5.91 Å². The molecular weight excluding hydrogens is 278 g/mol. The van der Waals surface area contributed by atoms with E-state index in [1.165, 1.54) is 5.56 Å². The number of aryl methyl sites for hydroxylation is 1. The van der Waals surface area contributed by atoms with Gasteiger partial charge in [-0.2, -0.15) is 0 Å². The van der Waals surface area contributed by atoms with E-state index >= 15 is 0 Å². The van der Waals surface area contributed by atoms with Gasteiger partial charge in [0.15, 0.2) is 0 Å². The van der Waals surface area contributed by atoms with Gasteiger partial charge in [0.25, 0.3) is 0 Å². The van der Waals surface area contributed by atoms with E-state index in [1.54, 1.807) is 0 Å². The monoisotopic (exact) mass is 299 g/mol. The Kier molecular flexibility index (Phi) is 3.98. The molecule has 0 saturated carbocycles. The fourth-order valence-electron chi connectivity index (χ4n) is 3.01. The first-order valence-corrected chi connectivity index (χ1v) is 7.62. The summed E-state index contributed by atoms with van der Waals surface area (Å²) in [6.45, 7) is 3.58. The molecule has 1 aromatic carbocycles. The molecule has 1 saturated heterocycles. The van der Waals surface area contributed by atoms with Gasteiger partial charge in [0.2, 0.25) is 5.91 Å². The largest absolute Gasteiger partial charge is 0.369 e. The van der Waals surface area contributed by atoms with E-state index in [1.807, 2.05) is 37.3 Å². The van der Waals surface area contributed by atoms with Crippen LogP contribution in [0.5, 0.6) is 0 Å². The van der Waals surface area contributed by atoms with Crippen LogP contribution in [-0.2, 0) is 11.2 Å². The Morgan fingerprint density at radius 1 is 1.41 bits per heavy atom. The number of amides is 1. The van der Waals surface area contributed by atoms with Crippen molar-refractivity contribution in [2.75, 3.05) is 13.1 Å². The Labute approximate surface area is 129 Å². The van der Waals surface area contributed by atoms with E-state index in [0.717, 1.165) is 30.6 Å². The van der Waals surface area contributed by atoms with Crippen molar-refractivity contribution in [2.45, 2.75) is 26.2 Å². The summed E-state index contributed by atoms with van der Waals surface area (Å²) in [6.07, 6.45) is 2.23. The van der Waals surface area contributed by atoms with Crippen LogP contribution in [-0.4, -0.2) is 24.2 Å². The lowest BCUT2D eigenvalue weighted by Gasteiger charge is -2.33. The summed E-state index contributed by atoms with van der Waals surface area (Å²) in [4.78, 5) is 11.9. The van der Waals surface area contributed by atoms with Gasteiger partial charge in [-0.15, -0.1) is 0 Å². The Hall–Kier alpha value is -2.14. The molecule has 3 rings (SSSR count). The van der Waals surface area contributed by atoms with Crippen molar-refractivity contribution in [3.05, 3.63) is 41.7 Å². The van der Waals surface area contributed by atoms with Crippen LogP contribution in [0, 0.1) is 12.3 Å². The van der Waals surface area contributed by atoms with Gasteiger partial charge in [0.1, 0.15) is 11.5 Å². The van der Waals surface area contributed by atoms with Gasteiger partial charge in [-0.3, -0.25) is 4.79 Å². The number of aromatic nitrogens is 1. The molecule has 2 aromatic rings. The van der Waals surface area contributed by atoms with Crippen LogP contribution < -0.4 is 11.1 Å². The van der Waals surface area contributed by atoms with Crippen molar-refractivity contribution in [1.82, 2.24) is 10.5 Å². The fourth-order valence-corrected chi connectivity index (χ4v) is 3.01. The highest BCUT2D eigenvalue weighted by Gasteiger charge is 2.39. The molecule has 0 aliphatic carbocycles.